The Labute approximate surface area is 50.6 Å². The van der Waals surface area contributed by atoms with Crippen molar-refractivity contribution in [1.29, 1.82) is 0 Å². The number of hydrogen-bond donors (Lipinski definition) is 1. The Morgan fingerprint density at radius 1 is 1.75 bits per heavy atom. The van der Waals surface area contributed by atoms with E-state index in [2.05, 4.69) is 19.1 Å². The first kappa shape index (κ1) is 5.83. The fraction of sp³-hybridized carbons (Fsp3) is 0.714. The van der Waals surface area contributed by atoms with E-state index in [1.165, 1.54) is 6.42 Å². The minimum Gasteiger partial charge on any atom is -0.330 e. The summed E-state index contributed by atoms with van der Waals surface area (Å²) in [4.78, 5) is 0. The molecule has 1 aliphatic rings. The maximum absolute atomic E-state index is 5.47. The summed E-state index contributed by atoms with van der Waals surface area (Å²) in [7, 11) is 0. The lowest BCUT2D eigenvalue weighted by molar-refractivity contribution is 0.471. The molecule has 0 saturated carbocycles. The zero-order valence-electron chi connectivity index (χ0n) is 5.30. The molecule has 1 rings (SSSR count). The van der Waals surface area contributed by atoms with Gasteiger partial charge in [-0.1, -0.05) is 19.1 Å². The fourth-order valence-electron chi connectivity index (χ4n) is 1.14. The second-order valence-corrected chi connectivity index (χ2v) is 2.54. The third kappa shape index (κ3) is 0.920. The van der Waals surface area contributed by atoms with Gasteiger partial charge in [-0.3, -0.25) is 0 Å². The standard InChI is InChI=1S/C7H13N/c1-6-3-2-4-7(6)5-8/h2,4,6-7H,3,5,8H2,1H3. The summed E-state index contributed by atoms with van der Waals surface area (Å²) in [6, 6.07) is 0. The van der Waals surface area contributed by atoms with Gasteiger partial charge < -0.3 is 5.73 Å². The van der Waals surface area contributed by atoms with Gasteiger partial charge in [-0.2, -0.15) is 0 Å². The van der Waals surface area contributed by atoms with Gasteiger partial charge in [-0.25, -0.2) is 0 Å². The molecule has 0 fully saturated rings. The van der Waals surface area contributed by atoms with Gasteiger partial charge in [0, 0.05) is 0 Å². The van der Waals surface area contributed by atoms with Crippen LogP contribution in [0.25, 0.3) is 0 Å². The molecule has 0 spiro atoms. The average Bonchev–Trinajstić information content (AvgIpc) is 2.14. The predicted molar refractivity (Wildman–Crippen MR) is 35.5 cm³/mol. The molecule has 46 valence electrons. The summed E-state index contributed by atoms with van der Waals surface area (Å²) in [6.07, 6.45) is 5.68. The van der Waals surface area contributed by atoms with Crippen molar-refractivity contribution in [3.05, 3.63) is 12.2 Å². The van der Waals surface area contributed by atoms with Crippen LogP contribution in [0.5, 0.6) is 0 Å². The molecule has 0 aliphatic heterocycles. The topological polar surface area (TPSA) is 26.0 Å². The van der Waals surface area contributed by atoms with E-state index in [1.807, 2.05) is 0 Å². The smallest absolute Gasteiger partial charge is 0.00115 e. The van der Waals surface area contributed by atoms with Gasteiger partial charge in [0.2, 0.25) is 0 Å². The van der Waals surface area contributed by atoms with Crippen molar-refractivity contribution in [1.82, 2.24) is 0 Å². The van der Waals surface area contributed by atoms with Crippen molar-refractivity contribution in [3.63, 3.8) is 0 Å². The maximum Gasteiger partial charge on any atom is -0.00115 e. The number of allylic oxidation sites excluding steroid dienone is 1. The second-order valence-electron chi connectivity index (χ2n) is 2.54. The molecule has 8 heavy (non-hydrogen) atoms. The average molecular weight is 111 g/mol. The van der Waals surface area contributed by atoms with Crippen LogP contribution >= 0.6 is 0 Å². The molecule has 0 saturated heterocycles. The molecule has 1 heteroatoms. The zero-order valence-corrected chi connectivity index (χ0v) is 5.30. The van der Waals surface area contributed by atoms with Crippen LogP contribution in [0.15, 0.2) is 12.2 Å². The quantitative estimate of drug-likeness (QED) is 0.505. The highest BCUT2D eigenvalue weighted by Gasteiger charge is 2.15. The number of hydrogen-bond acceptors (Lipinski definition) is 1. The van der Waals surface area contributed by atoms with Gasteiger partial charge >= 0.3 is 0 Å². The van der Waals surface area contributed by atoms with Crippen molar-refractivity contribution in [2.45, 2.75) is 13.3 Å². The van der Waals surface area contributed by atoms with E-state index in [4.69, 9.17) is 5.73 Å². The Kier molecular flexibility index (Phi) is 1.69. The Morgan fingerprint density at radius 3 is 2.75 bits per heavy atom. The first-order valence-corrected chi connectivity index (χ1v) is 3.21. The summed E-state index contributed by atoms with van der Waals surface area (Å²) in [6.45, 7) is 3.06. The summed E-state index contributed by atoms with van der Waals surface area (Å²) in [5, 5.41) is 0. The van der Waals surface area contributed by atoms with E-state index in [-0.39, 0.29) is 0 Å². The SMILES string of the molecule is CC1CC=CC1CN. The summed E-state index contributed by atoms with van der Waals surface area (Å²) >= 11 is 0. The summed E-state index contributed by atoms with van der Waals surface area (Å²) in [5.74, 6) is 1.45. The minimum atomic E-state index is 0.662. The molecule has 0 amide bonds. The first-order chi connectivity index (χ1) is 3.84. The summed E-state index contributed by atoms with van der Waals surface area (Å²) in [5.41, 5.74) is 5.47. The normalized spacial score (nSPS) is 36.2. The van der Waals surface area contributed by atoms with Crippen molar-refractivity contribution >= 4 is 0 Å². The van der Waals surface area contributed by atoms with Crippen LogP contribution in [0.1, 0.15) is 13.3 Å². The highest BCUT2D eigenvalue weighted by atomic mass is 14.6. The first-order valence-electron chi connectivity index (χ1n) is 3.21. The van der Waals surface area contributed by atoms with E-state index < -0.39 is 0 Å². The summed E-state index contributed by atoms with van der Waals surface area (Å²) < 4.78 is 0. The molecule has 0 aromatic heterocycles. The van der Waals surface area contributed by atoms with Gasteiger partial charge in [0.25, 0.3) is 0 Å². The predicted octanol–water partition coefficient (Wildman–Crippen LogP) is 1.16. The third-order valence-corrected chi connectivity index (χ3v) is 1.89. The van der Waals surface area contributed by atoms with Crippen LogP contribution in [-0.2, 0) is 0 Å². The molecule has 2 unspecified atom stereocenters. The third-order valence-electron chi connectivity index (χ3n) is 1.89. The van der Waals surface area contributed by atoms with Crippen LogP contribution in [0.3, 0.4) is 0 Å². The molecule has 0 aromatic rings. The zero-order chi connectivity index (χ0) is 5.98. The molecule has 0 aromatic carbocycles. The van der Waals surface area contributed by atoms with Crippen molar-refractivity contribution in [2.75, 3.05) is 6.54 Å². The minimum absolute atomic E-state index is 0.662. The second kappa shape index (κ2) is 2.31. The van der Waals surface area contributed by atoms with Crippen LogP contribution in [0, 0.1) is 11.8 Å². The van der Waals surface area contributed by atoms with E-state index in [1.54, 1.807) is 0 Å². The molecule has 0 bridgehead atoms. The number of nitrogens with two attached hydrogens (primary N) is 1. The van der Waals surface area contributed by atoms with Crippen LogP contribution < -0.4 is 5.73 Å². The van der Waals surface area contributed by atoms with Crippen LogP contribution in [-0.4, -0.2) is 6.54 Å². The lowest BCUT2D eigenvalue weighted by Gasteiger charge is -2.09. The molecule has 2 atom stereocenters. The largest absolute Gasteiger partial charge is 0.330 e. The van der Waals surface area contributed by atoms with Gasteiger partial charge in [0.05, 0.1) is 0 Å². The van der Waals surface area contributed by atoms with E-state index in [0.29, 0.717) is 5.92 Å². The Balaban J connectivity index is 2.41. The fourth-order valence-corrected chi connectivity index (χ4v) is 1.14. The van der Waals surface area contributed by atoms with E-state index >= 15 is 0 Å². The molecule has 0 radical (unpaired) electrons. The monoisotopic (exact) mass is 111 g/mol. The molecular weight excluding hydrogens is 98.1 g/mol. The lowest BCUT2D eigenvalue weighted by Crippen LogP contribution is -2.15. The van der Waals surface area contributed by atoms with Crippen molar-refractivity contribution in [3.8, 4) is 0 Å². The molecule has 2 N–H and O–H groups in total. The highest BCUT2D eigenvalue weighted by Crippen LogP contribution is 2.22. The number of rotatable bonds is 1. The Morgan fingerprint density at radius 2 is 2.50 bits per heavy atom. The van der Waals surface area contributed by atoms with Gasteiger partial charge in [0.1, 0.15) is 0 Å². The molecule has 1 nitrogen and oxygen atoms in total. The lowest BCUT2D eigenvalue weighted by atomic mass is 9.98. The molecule has 0 heterocycles. The van der Waals surface area contributed by atoms with Gasteiger partial charge in [0.15, 0.2) is 0 Å². The van der Waals surface area contributed by atoms with Crippen molar-refractivity contribution < 1.29 is 0 Å². The van der Waals surface area contributed by atoms with Crippen LogP contribution in [0.2, 0.25) is 0 Å². The van der Waals surface area contributed by atoms with Crippen molar-refractivity contribution in [2.24, 2.45) is 17.6 Å². The van der Waals surface area contributed by atoms with E-state index in [0.717, 1.165) is 12.5 Å². The van der Waals surface area contributed by atoms with Gasteiger partial charge in [-0.15, -0.1) is 0 Å². The molecular formula is C7H13N. The maximum atomic E-state index is 5.47. The van der Waals surface area contributed by atoms with Crippen LogP contribution in [0.4, 0.5) is 0 Å². The highest BCUT2D eigenvalue weighted by molar-refractivity contribution is 4.99. The van der Waals surface area contributed by atoms with E-state index in [9.17, 15) is 0 Å². The Hall–Kier alpha value is -0.300. The molecule has 1 aliphatic carbocycles. The van der Waals surface area contributed by atoms with Gasteiger partial charge in [-0.05, 0) is 24.8 Å². The Bertz CT molecular complexity index is 96.6.